The molecule has 0 amide bonds. The molecule has 1 aliphatic heterocycles. The molecular weight excluding hydrogens is 236 g/mol. The third kappa shape index (κ3) is 3.00. The molecule has 0 bridgehead atoms. The number of nitrogens with zero attached hydrogens (tertiary/aromatic N) is 3. The molecule has 2 N–H and O–H groups in total. The van der Waals surface area contributed by atoms with Crippen LogP contribution in [0.5, 0.6) is 0 Å². The summed E-state index contributed by atoms with van der Waals surface area (Å²) >= 11 is 5.94. The maximum Gasteiger partial charge on any atom is 0.223 e. The average molecular weight is 255 g/mol. The summed E-state index contributed by atoms with van der Waals surface area (Å²) in [5, 5.41) is 0.424. The van der Waals surface area contributed by atoms with Gasteiger partial charge < -0.3 is 10.6 Å². The van der Waals surface area contributed by atoms with Crippen LogP contribution in [0.3, 0.4) is 0 Å². The van der Waals surface area contributed by atoms with E-state index in [0.717, 1.165) is 12.4 Å². The lowest BCUT2D eigenvalue weighted by molar-refractivity contribution is 0.432. The van der Waals surface area contributed by atoms with Gasteiger partial charge in [-0.05, 0) is 25.7 Å². The highest BCUT2D eigenvalue weighted by molar-refractivity contribution is 6.29. The third-order valence-electron chi connectivity index (χ3n) is 3.24. The summed E-state index contributed by atoms with van der Waals surface area (Å²) in [5.41, 5.74) is 5.65. The fourth-order valence-corrected chi connectivity index (χ4v) is 2.69. The van der Waals surface area contributed by atoms with Gasteiger partial charge in [-0.2, -0.15) is 4.98 Å². The lowest BCUT2D eigenvalue weighted by Gasteiger charge is -2.36. The van der Waals surface area contributed by atoms with Gasteiger partial charge in [0.1, 0.15) is 11.0 Å². The smallest absolute Gasteiger partial charge is 0.223 e. The van der Waals surface area contributed by atoms with Gasteiger partial charge in [0.05, 0.1) is 0 Å². The number of piperidine rings is 1. The molecule has 2 heterocycles. The summed E-state index contributed by atoms with van der Waals surface area (Å²) in [5.74, 6) is 1.13. The molecule has 0 unspecified atom stereocenters. The summed E-state index contributed by atoms with van der Waals surface area (Å²) < 4.78 is 0. The molecule has 5 heteroatoms. The van der Waals surface area contributed by atoms with E-state index in [9.17, 15) is 0 Å². The van der Waals surface area contributed by atoms with E-state index in [1.165, 1.54) is 32.1 Å². The number of halogens is 1. The second-order valence-corrected chi connectivity index (χ2v) is 4.93. The lowest BCUT2D eigenvalue weighted by atomic mass is 9.98. The van der Waals surface area contributed by atoms with Crippen LogP contribution < -0.4 is 10.6 Å². The quantitative estimate of drug-likeness (QED) is 0.843. The molecule has 0 radical (unpaired) electrons. The number of anilines is 2. The molecule has 1 aromatic rings. The largest absolute Gasteiger partial charge is 0.368 e. The lowest BCUT2D eigenvalue weighted by Crippen LogP contribution is -2.40. The summed E-state index contributed by atoms with van der Waals surface area (Å²) in [7, 11) is 0. The van der Waals surface area contributed by atoms with Crippen molar-refractivity contribution in [3.8, 4) is 0 Å². The second kappa shape index (κ2) is 5.54. The summed E-state index contributed by atoms with van der Waals surface area (Å²) in [6, 6.07) is 2.38. The normalized spacial score (nSPS) is 20.6. The van der Waals surface area contributed by atoms with E-state index in [-0.39, 0.29) is 5.95 Å². The molecule has 2 rings (SSSR count). The highest BCUT2D eigenvalue weighted by atomic mass is 35.5. The van der Waals surface area contributed by atoms with Gasteiger partial charge in [-0.3, -0.25) is 0 Å². The minimum Gasteiger partial charge on any atom is -0.368 e. The minimum atomic E-state index is 0.258. The van der Waals surface area contributed by atoms with Crippen molar-refractivity contribution in [3.05, 3.63) is 11.2 Å². The first-order valence-electron chi connectivity index (χ1n) is 6.27. The second-order valence-electron chi connectivity index (χ2n) is 4.54. The predicted octanol–water partition coefficient (Wildman–Crippen LogP) is 2.87. The zero-order valence-electron chi connectivity index (χ0n) is 10.2. The first-order chi connectivity index (χ1) is 8.20. The van der Waals surface area contributed by atoms with E-state index in [4.69, 9.17) is 17.3 Å². The molecule has 94 valence electrons. The highest BCUT2D eigenvalue weighted by Crippen LogP contribution is 2.27. The first kappa shape index (κ1) is 12.4. The molecule has 1 aromatic heterocycles. The van der Waals surface area contributed by atoms with Crippen molar-refractivity contribution >= 4 is 23.4 Å². The Hall–Kier alpha value is -1.03. The van der Waals surface area contributed by atoms with Crippen molar-refractivity contribution in [1.29, 1.82) is 0 Å². The maximum absolute atomic E-state index is 5.94. The topological polar surface area (TPSA) is 55.0 Å². The first-order valence-corrected chi connectivity index (χ1v) is 6.65. The minimum absolute atomic E-state index is 0.258. The van der Waals surface area contributed by atoms with Gasteiger partial charge >= 0.3 is 0 Å². The Balaban J connectivity index is 2.22. The summed E-state index contributed by atoms with van der Waals surface area (Å²) in [6.07, 6.45) is 6.13. The summed E-state index contributed by atoms with van der Waals surface area (Å²) in [6.45, 7) is 3.26. The molecule has 1 fully saturated rings. The number of hydrogen-bond donors (Lipinski definition) is 1. The highest BCUT2D eigenvalue weighted by Gasteiger charge is 2.23. The Morgan fingerprint density at radius 2 is 2.29 bits per heavy atom. The SMILES string of the molecule is CCC[C@H]1CCCCN1c1cc(Cl)nc(N)n1. The van der Waals surface area contributed by atoms with Crippen LogP contribution >= 0.6 is 11.6 Å². The molecule has 1 atom stereocenters. The third-order valence-corrected chi connectivity index (χ3v) is 3.44. The van der Waals surface area contributed by atoms with Crippen LogP contribution in [0, 0.1) is 0 Å². The van der Waals surface area contributed by atoms with Crippen molar-refractivity contribution in [2.75, 3.05) is 17.2 Å². The summed E-state index contributed by atoms with van der Waals surface area (Å²) in [4.78, 5) is 10.5. The predicted molar refractivity (Wildman–Crippen MR) is 71.3 cm³/mol. The van der Waals surface area contributed by atoms with Crippen LogP contribution in [0.4, 0.5) is 11.8 Å². The maximum atomic E-state index is 5.94. The number of rotatable bonds is 3. The van der Waals surface area contributed by atoms with Crippen molar-refractivity contribution < 1.29 is 0 Å². The molecule has 17 heavy (non-hydrogen) atoms. The van der Waals surface area contributed by atoms with E-state index in [0.29, 0.717) is 11.2 Å². The van der Waals surface area contributed by atoms with Gasteiger partial charge in [-0.25, -0.2) is 4.98 Å². The average Bonchev–Trinajstić information content (AvgIpc) is 2.29. The zero-order valence-corrected chi connectivity index (χ0v) is 11.0. The van der Waals surface area contributed by atoms with Crippen LogP contribution in [-0.2, 0) is 0 Å². The van der Waals surface area contributed by atoms with E-state index in [1.807, 2.05) is 6.07 Å². The van der Waals surface area contributed by atoms with Crippen molar-refractivity contribution in [2.24, 2.45) is 0 Å². The van der Waals surface area contributed by atoms with Crippen molar-refractivity contribution in [2.45, 2.75) is 45.1 Å². The fourth-order valence-electron chi connectivity index (χ4n) is 2.51. The number of aromatic nitrogens is 2. The van der Waals surface area contributed by atoms with Gasteiger partial charge in [0, 0.05) is 18.7 Å². The van der Waals surface area contributed by atoms with Gasteiger partial charge in [-0.1, -0.05) is 24.9 Å². The van der Waals surface area contributed by atoms with E-state index in [2.05, 4.69) is 21.8 Å². The van der Waals surface area contributed by atoms with Gasteiger partial charge in [0.25, 0.3) is 0 Å². The fraction of sp³-hybridized carbons (Fsp3) is 0.667. The standard InChI is InChI=1S/C12H19ClN4/c1-2-5-9-6-3-4-7-17(9)11-8-10(13)15-12(14)16-11/h8-9H,2-7H2,1H3,(H2,14,15,16)/t9-/m0/s1. The Morgan fingerprint density at radius 3 is 3.00 bits per heavy atom. The molecule has 0 aromatic carbocycles. The number of nitrogen functional groups attached to an aromatic ring is 1. The number of nitrogens with two attached hydrogens (primary N) is 1. The molecular formula is C12H19ClN4. The Morgan fingerprint density at radius 1 is 1.47 bits per heavy atom. The molecule has 0 aliphatic carbocycles. The van der Waals surface area contributed by atoms with Crippen LogP contribution in [0.25, 0.3) is 0 Å². The monoisotopic (exact) mass is 254 g/mol. The van der Waals surface area contributed by atoms with Crippen molar-refractivity contribution in [1.82, 2.24) is 9.97 Å². The van der Waals surface area contributed by atoms with E-state index >= 15 is 0 Å². The zero-order chi connectivity index (χ0) is 12.3. The Bertz CT molecular complexity index is 361. The Labute approximate surface area is 107 Å². The van der Waals surface area contributed by atoms with Gasteiger partial charge in [0.2, 0.25) is 5.95 Å². The van der Waals surface area contributed by atoms with Crippen molar-refractivity contribution in [3.63, 3.8) is 0 Å². The molecule has 1 aliphatic rings. The van der Waals surface area contributed by atoms with E-state index < -0.39 is 0 Å². The number of hydrogen-bond acceptors (Lipinski definition) is 4. The van der Waals surface area contributed by atoms with Crippen LogP contribution in [0.1, 0.15) is 39.0 Å². The van der Waals surface area contributed by atoms with E-state index in [1.54, 1.807) is 0 Å². The van der Waals surface area contributed by atoms with Crippen LogP contribution in [-0.4, -0.2) is 22.6 Å². The molecule has 0 spiro atoms. The van der Waals surface area contributed by atoms with Gasteiger partial charge in [0.15, 0.2) is 0 Å². The van der Waals surface area contributed by atoms with Crippen LogP contribution in [0.2, 0.25) is 5.15 Å². The molecule has 1 saturated heterocycles. The molecule has 0 saturated carbocycles. The van der Waals surface area contributed by atoms with Crippen LogP contribution in [0.15, 0.2) is 6.07 Å². The Kier molecular flexibility index (Phi) is 4.05. The van der Waals surface area contributed by atoms with Gasteiger partial charge in [-0.15, -0.1) is 0 Å². The molecule has 4 nitrogen and oxygen atoms in total.